The molecule has 0 atom stereocenters. The van der Waals surface area contributed by atoms with Crippen molar-refractivity contribution in [1.82, 2.24) is 0 Å². The summed E-state index contributed by atoms with van der Waals surface area (Å²) in [7, 11) is 0. The van der Waals surface area contributed by atoms with Crippen LogP contribution in [-0.2, 0) is 0 Å². The van der Waals surface area contributed by atoms with Gasteiger partial charge in [-0.1, -0.05) is 40.2 Å². The Morgan fingerprint density at radius 3 is 2.86 bits per heavy atom. The largest absolute Gasteiger partial charge is 0.488 e. The SMILES string of the molecule is N#Cc1ccccc1OC/C=C/CBr. The molecule has 0 aliphatic carbocycles. The molecule has 0 radical (unpaired) electrons. The molecule has 0 saturated carbocycles. The maximum Gasteiger partial charge on any atom is 0.137 e. The van der Waals surface area contributed by atoms with Crippen LogP contribution in [0.5, 0.6) is 5.75 Å². The molecule has 1 aromatic carbocycles. The van der Waals surface area contributed by atoms with Gasteiger partial charge in [0.15, 0.2) is 0 Å². The Morgan fingerprint density at radius 1 is 1.36 bits per heavy atom. The fourth-order valence-electron chi connectivity index (χ4n) is 0.954. The fraction of sp³-hybridized carbons (Fsp3) is 0.182. The average molecular weight is 252 g/mol. The maximum absolute atomic E-state index is 8.77. The lowest BCUT2D eigenvalue weighted by atomic mass is 10.2. The molecule has 0 amide bonds. The minimum Gasteiger partial charge on any atom is -0.488 e. The van der Waals surface area contributed by atoms with Crippen molar-refractivity contribution in [2.45, 2.75) is 0 Å². The number of hydrogen-bond acceptors (Lipinski definition) is 2. The zero-order valence-electron chi connectivity index (χ0n) is 7.61. The highest BCUT2D eigenvalue weighted by Gasteiger charge is 1.98. The van der Waals surface area contributed by atoms with Crippen LogP contribution >= 0.6 is 15.9 Å². The Labute approximate surface area is 91.9 Å². The molecule has 0 aliphatic rings. The van der Waals surface area contributed by atoms with Gasteiger partial charge in [0.25, 0.3) is 0 Å². The van der Waals surface area contributed by atoms with Gasteiger partial charge in [-0.15, -0.1) is 0 Å². The molecule has 0 fully saturated rings. The van der Waals surface area contributed by atoms with Gasteiger partial charge in [-0.2, -0.15) is 5.26 Å². The van der Waals surface area contributed by atoms with E-state index in [9.17, 15) is 0 Å². The van der Waals surface area contributed by atoms with E-state index in [0.717, 1.165) is 5.33 Å². The molecule has 2 nitrogen and oxygen atoms in total. The topological polar surface area (TPSA) is 33.0 Å². The zero-order chi connectivity index (χ0) is 10.2. The summed E-state index contributed by atoms with van der Waals surface area (Å²) >= 11 is 3.27. The third kappa shape index (κ3) is 3.23. The van der Waals surface area contributed by atoms with Gasteiger partial charge in [-0.05, 0) is 12.1 Å². The molecule has 0 N–H and O–H groups in total. The molecule has 1 rings (SSSR count). The van der Waals surface area contributed by atoms with E-state index in [1.165, 1.54) is 0 Å². The van der Waals surface area contributed by atoms with Crippen molar-refractivity contribution < 1.29 is 4.74 Å². The number of benzene rings is 1. The monoisotopic (exact) mass is 251 g/mol. The molecule has 0 bridgehead atoms. The van der Waals surface area contributed by atoms with Gasteiger partial charge in [0.2, 0.25) is 0 Å². The second-order valence-corrected chi connectivity index (χ2v) is 3.19. The van der Waals surface area contributed by atoms with E-state index in [-0.39, 0.29) is 0 Å². The van der Waals surface area contributed by atoms with Gasteiger partial charge in [-0.25, -0.2) is 0 Å². The Balaban J connectivity index is 2.59. The van der Waals surface area contributed by atoms with Crippen LogP contribution in [0.1, 0.15) is 5.56 Å². The molecule has 0 unspecified atom stereocenters. The highest BCUT2D eigenvalue weighted by atomic mass is 79.9. The molecule has 0 aliphatic heterocycles. The van der Waals surface area contributed by atoms with E-state index < -0.39 is 0 Å². The van der Waals surface area contributed by atoms with E-state index in [0.29, 0.717) is 17.9 Å². The maximum atomic E-state index is 8.77. The standard InChI is InChI=1S/C11H10BrNO/c12-7-3-4-8-14-11-6-2-1-5-10(11)9-13/h1-6H,7-8H2/b4-3+. The van der Waals surface area contributed by atoms with Gasteiger partial charge >= 0.3 is 0 Å². The van der Waals surface area contributed by atoms with Crippen LogP contribution in [0.15, 0.2) is 36.4 Å². The summed E-state index contributed by atoms with van der Waals surface area (Å²) in [6.07, 6.45) is 3.86. The van der Waals surface area contributed by atoms with Gasteiger partial charge in [0, 0.05) is 5.33 Å². The zero-order valence-corrected chi connectivity index (χ0v) is 9.20. The Kier molecular flexibility index (Phi) is 4.81. The number of allylic oxidation sites excluding steroid dienone is 1. The minimum atomic E-state index is 0.490. The number of ether oxygens (including phenoxy) is 1. The minimum absolute atomic E-state index is 0.490. The van der Waals surface area contributed by atoms with Gasteiger partial charge < -0.3 is 4.74 Å². The Morgan fingerprint density at radius 2 is 2.14 bits per heavy atom. The second kappa shape index (κ2) is 6.22. The van der Waals surface area contributed by atoms with Gasteiger partial charge in [0.05, 0.1) is 5.56 Å². The molecule has 0 heterocycles. The lowest BCUT2D eigenvalue weighted by molar-refractivity contribution is 0.361. The van der Waals surface area contributed by atoms with Crippen LogP contribution in [0.4, 0.5) is 0 Å². The molecule has 1 aromatic rings. The normalized spacial score (nSPS) is 10.0. The van der Waals surface area contributed by atoms with Gasteiger partial charge in [0.1, 0.15) is 18.4 Å². The first kappa shape index (κ1) is 10.8. The number of nitrogens with zero attached hydrogens (tertiary/aromatic N) is 1. The van der Waals surface area contributed by atoms with Crippen molar-refractivity contribution in [3.63, 3.8) is 0 Å². The van der Waals surface area contributed by atoms with Crippen LogP contribution in [-0.4, -0.2) is 11.9 Å². The van der Waals surface area contributed by atoms with E-state index in [1.807, 2.05) is 24.3 Å². The Hall–Kier alpha value is -1.27. The highest BCUT2D eigenvalue weighted by molar-refractivity contribution is 9.09. The van der Waals surface area contributed by atoms with Crippen molar-refractivity contribution in [1.29, 1.82) is 5.26 Å². The molecule has 14 heavy (non-hydrogen) atoms. The van der Waals surface area contributed by atoms with Gasteiger partial charge in [-0.3, -0.25) is 0 Å². The number of hydrogen-bond donors (Lipinski definition) is 0. The molecule has 0 spiro atoms. The lowest BCUT2D eigenvalue weighted by Crippen LogP contribution is -1.95. The number of para-hydroxylation sites is 1. The summed E-state index contributed by atoms with van der Waals surface area (Å²) in [4.78, 5) is 0. The number of rotatable bonds is 4. The fourth-order valence-corrected chi connectivity index (χ4v) is 1.22. The molecular weight excluding hydrogens is 242 g/mol. The van der Waals surface area contributed by atoms with Crippen LogP contribution in [0, 0.1) is 11.3 Å². The van der Waals surface area contributed by atoms with Crippen LogP contribution in [0.3, 0.4) is 0 Å². The summed E-state index contributed by atoms with van der Waals surface area (Å²) in [6.45, 7) is 0.490. The van der Waals surface area contributed by atoms with Crippen molar-refractivity contribution in [2.75, 3.05) is 11.9 Å². The average Bonchev–Trinajstić information content (AvgIpc) is 2.25. The summed E-state index contributed by atoms with van der Waals surface area (Å²) in [5.74, 6) is 0.634. The predicted octanol–water partition coefficient (Wildman–Crippen LogP) is 2.89. The van der Waals surface area contributed by atoms with Crippen LogP contribution < -0.4 is 4.74 Å². The lowest BCUT2D eigenvalue weighted by Gasteiger charge is -2.03. The van der Waals surface area contributed by atoms with E-state index >= 15 is 0 Å². The number of nitriles is 1. The van der Waals surface area contributed by atoms with Crippen LogP contribution in [0.25, 0.3) is 0 Å². The Bertz CT molecular complexity index is 355. The summed E-state index contributed by atoms with van der Waals surface area (Å²) in [6, 6.07) is 9.28. The second-order valence-electron chi connectivity index (χ2n) is 2.54. The summed E-state index contributed by atoms with van der Waals surface area (Å²) < 4.78 is 5.40. The van der Waals surface area contributed by atoms with E-state index in [1.54, 1.807) is 12.1 Å². The number of alkyl halides is 1. The van der Waals surface area contributed by atoms with E-state index in [4.69, 9.17) is 10.00 Å². The quantitative estimate of drug-likeness (QED) is 0.609. The van der Waals surface area contributed by atoms with Crippen molar-refractivity contribution in [3.05, 3.63) is 42.0 Å². The predicted molar refractivity (Wildman–Crippen MR) is 59.6 cm³/mol. The number of halogens is 1. The van der Waals surface area contributed by atoms with Crippen LogP contribution in [0.2, 0.25) is 0 Å². The van der Waals surface area contributed by atoms with Crippen molar-refractivity contribution in [2.24, 2.45) is 0 Å². The first-order valence-corrected chi connectivity index (χ1v) is 5.33. The smallest absolute Gasteiger partial charge is 0.137 e. The molecule has 0 saturated heterocycles. The highest BCUT2D eigenvalue weighted by Crippen LogP contribution is 2.16. The molecule has 72 valence electrons. The first-order chi connectivity index (χ1) is 6.88. The van der Waals surface area contributed by atoms with E-state index in [2.05, 4.69) is 22.0 Å². The molecular formula is C11H10BrNO. The van der Waals surface area contributed by atoms with Crippen molar-refractivity contribution >= 4 is 15.9 Å². The molecule has 0 aromatic heterocycles. The molecule has 3 heteroatoms. The summed E-state index contributed by atoms with van der Waals surface area (Å²) in [5, 5.41) is 9.58. The third-order valence-electron chi connectivity index (χ3n) is 1.60. The summed E-state index contributed by atoms with van der Waals surface area (Å²) in [5.41, 5.74) is 0.569. The third-order valence-corrected chi connectivity index (χ3v) is 1.97. The first-order valence-electron chi connectivity index (χ1n) is 4.21. The van der Waals surface area contributed by atoms with Crippen molar-refractivity contribution in [3.8, 4) is 11.8 Å².